The largest absolute Gasteiger partial charge is 0.381 e. The Bertz CT molecular complexity index is 449. The van der Waals surface area contributed by atoms with E-state index in [4.69, 9.17) is 9.47 Å². The standard InChI is InChI=1S/C19H36N4O2.HI/c1-16(2)12-17(22-7-10-24-11-8-22)13-21-18(20-3)23-6-4-19(14-23)5-9-25-15-19;/h16-17H,4-15H2,1-3H3,(H,20,21);1H. The summed E-state index contributed by atoms with van der Waals surface area (Å²) in [5.74, 6) is 1.76. The Morgan fingerprint density at radius 1 is 1.12 bits per heavy atom. The van der Waals surface area contributed by atoms with E-state index < -0.39 is 0 Å². The van der Waals surface area contributed by atoms with E-state index in [9.17, 15) is 0 Å². The average Bonchev–Trinajstić information content (AvgIpc) is 3.25. The summed E-state index contributed by atoms with van der Waals surface area (Å²) in [6.07, 6.45) is 3.64. The first kappa shape index (κ1) is 22.2. The van der Waals surface area contributed by atoms with Crippen LogP contribution in [0.4, 0.5) is 0 Å². The maximum Gasteiger partial charge on any atom is 0.193 e. The molecule has 0 saturated carbocycles. The van der Waals surface area contributed by atoms with Gasteiger partial charge in [-0.3, -0.25) is 9.89 Å². The van der Waals surface area contributed by atoms with Gasteiger partial charge in [-0.2, -0.15) is 0 Å². The highest BCUT2D eigenvalue weighted by atomic mass is 127. The second kappa shape index (κ2) is 10.4. The Balaban J connectivity index is 0.00000243. The lowest BCUT2D eigenvalue weighted by Crippen LogP contribution is -2.51. The Hall–Kier alpha value is -0.120. The molecule has 26 heavy (non-hydrogen) atoms. The van der Waals surface area contributed by atoms with Crippen molar-refractivity contribution < 1.29 is 9.47 Å². The molecule has 0 bridgehead atoms. The molecule has 0 aromatic carbocycles. The van der Waals surface area contributed by atoms with Crippen LogP contribution in [0.25, 0.3) is 0 Å². The number of halogens is 1. The highest BCUT2D eigenvalue weighted by Crippen LogP contribution is 2.38. The van der Waals surface area contributed by atoms with Gasteiger partial charge in [0.15, 0.2) is 5.96 Å². The van der Waals surface area contributed by atoms with Crippen LogP contribution in [0.5, 0.6) is 0 Å². The van der Waals surface area contributed by atoms with Crippen molar-refractivity contribution in [2.24, 2.45) is 16.3 Å². The number of ether oxygens (including phenoxy) is 2. The minimum absolute atomic E-state index is 0. The van der Waals surface area contributed by atoms with Gasteiger partial charge in [-0.25, -0.2) is 0 Å². The molecule has 2 unspecified atom stereocenters. The number of nitrogens with one attached hydrogen (secondary N) is 1. The third-order valence-corrected chi connectivity index (χ3v) is 5.94. The van der Waals surface area contributed by atoms with Gasteiger partial charge < -0.3 is 19.7 Å². The van der Waals surface area contributed by atoms with Gasteiger partial charge in [0, 0.05) is 57.8 Å². The Morgan fingerprint density at radius 3 is 2.50 bits per heavy atom. The summed E-state index contributed by atoms with van der Waals surface area (Å²) in [6.45, 7) is 13.4. The molecule has 1 N–H and O–H groups in total. The molecule has 3 heterocycles. The third-order valence-electron chi connectivity index (χ3n) is 5.94. The summed E-state index contributed by atoms with van der Waals surface area (Å²) < 4.78 is 11.2. The molecule has 152 valence electrons. The molecule has 2 atom stereocenters. The molecule has 3 saturated heterocycles. The molecular formula is C19H37IN4O2. The smallest absolute Gasteiger partial charge is 0.193 e. The van der Waals surface area contributed by atoms with E-state index in [1.54, 1.807) is 0 Å². The van der Waals surface area contributed by atoms with Crippen molar-refractivity contribution in [2.45, 2.75) is 39.2 Å². The van der Waals surface area contributed by atoms with Crippen molar-refractivity contribution in [3.05, 3.63) is 0 Å². The van der Waals surface area contributed by atoms with Crippen LogP contribution < -0.4 is 5.32 Å². The van der Waals surface area contributed by atoms with Crippen molar-refractivity contribution in [3.63, 3.8) is 0 Å². The quantitative estimate of drug-likeness (QED) is 0.371. The number of morpholine rings is 1. The average molecular weight is 480 g/mol. The number of guanidine groups is 1. The van der Waals surface area contributed by atoms with Crippen LogP contribution in [0.15, 0.2) is 4.99 Å². The molecule has 3 aliphatic rings. The fourth-order valence-electron chi connectivity index (χ4n) is 4.48. The summed E-state index contributed by atoms with van der Waals surface area (Å²) in [5, 5.41) is 3.67. The van der Waals surface area contributed by atoms with Crippen molar-refractivity contribution in [2.75, 3.05) is 66.2 Å². The van der Waals surface area contributed by atoms with E-state index in [0.717, 1.165) is 65.1 Å². The summed E-state index contributed by atoms with van der Waals surface area (Å²) in [5.41, 5.74) is 0.374. The number of nitrogens with zero attached hydrogens (tertiary/aromatic N) is 3. The van der Waals surface area contributed by atoms with E-state index in [1.165, 1.54) is 19.3 Å². The van der Waals surface area contributed by atoms with Crippen LogP contribution in [-0.4, -0.2) is 88.0 Å². The first-order valence-electron chi connectivity index (χ1n) is 9.97. The molecule has 0 aromatic rings. The maximum atomic E-state index is 5.66. The predicted octanol–water partition coefficient (Wildman–Crippen LogP) is 2.04. The number of rotatable bonds is 5. The molecule has 0 aromatic heterocycles. The summed E-state index contributed by atoms with van der Waals surface area (Å²) in [6, 6.07) is 0.548. The van der Waals surface area contributed by atoms with E-state index in [-0.39, 0.29) is 24.0 Å². The second-order valence-corrected chi connectivity index (χ2v) is 8.33. The van der Waals surface area contributed by atoms with E-state index >= 15 is 0 Å². The van der Waals surface area contributed by atoms with E-state index in [1.807, 2.05) is 7.05 Å². The van der Waals surface area contributed by atoms with Crippen molar-refractivity contribution in [1.82, 2.24) is 15.1 Å². The van der Waals surface area contributed by atoms with Crippen LogP contribution in [0.2, 0.25) is 0 Å². The van der Waals surface area contributed by atoms with Crippen LogP contribution in [-0.2, 0) is 9.47 Å². The van der Waals surface area contributed by atoms with E-state index in [0.29, 0.717) is 17.4 Å². The molecule has 0 aliphatic carbocycles. The summed E-state index contributed by atoms with van der Waals surface area (Å²) in [7, 11) is 1.91. The van der Waals surface area contributed by atoms with Gasteiger partial charge in [0.1, 0.15) is 0 Å². The first-order valence-corrected chi connectivity index (χ1v) is 9.97. The molecule has 1 spiro atoms. The minimum Gasteiger partial charge on any atom is -0.381 e. The van der Waals surface area contributed by atoms with Gasteiger partial charge in [-0.1, -0.05) is 13.8 Å². The van der Waals surface area contributed by atoms with Crippen LogP contribution in [0.1, 0.15) is 33.1 Å². The Morgan fingerprint density at radius 2 is 1.88 bits per heavy atom. The van der Waals surface area contributed by atoms with E-state index in [2.05, 4.69) is 34.0 Å². The SMILES string of the molecule is CN=C(NCC(CC(C)C)N1CCOCC1)N1CCC2(CCOC2)C1.I. The minimum atomic E-state index is 0. The van der Waals surface area contributed by atoms with Gasteiger partial charge in [-0.15, -0.1) is 24.0 Å². The fourth-order valence-corrected chi connectivity index (χ4v) is 4.48. The number of hydrogen-bond acceptors (Lipinski definition) is 4. The monoisotopic (exact) mass is 480 g/mol. The lowest BCUT2D eigenvalue weighted by Gasteiger charge is -2.36. The topological polar surface area (TPSA) is 49.3 Å². The molecule has 3 fully saturated rings. The molecule has 0 amide bonds. The van der Waals surface area contributed by atoms with Crippen molar-refractivity contribution >= 4 is 29.9 Å². The molecular weight excluding hydrogens is 443 g/mol. The molecule has 3 aliphatic heterocycles. The van der Waals surface area contributed by atoms with Gasteiger partial charge in [0.2, 0.25) is 0 Å². The van der Waals surface area contributed by atoms with Crippen molar-refractivity contribution in [1.29, 1.82) is 0 Å². The molecule has 6 nitrogen and oxygen atoms in total. The maximum absolute atomic E-state index is 5.66. The van der Waals surface area contributed by atoms with Gasteiger partial charge >= 0.3 is 0 Å². The van der Waals surface area contributed by atoms with Crippen molar-refractivity contribution in [3.8, 4) is 0 Å². The highest BCUT2D eigenvalue weighted by molar-refractivity contribution is 14.0. The van der Waals surface area contributed by atoms with Gasteiger partial charge in [0.05, 0.1) is 19.8 Å². The zero-order chi connectivity index (χ0) is 17.7. The molecule has 7 heteroatoms. The van der Waals surface area contributed by atoms with Crippen LogP contribution >= 0.6 is 24.0 Å². The first-order chi connectivity index (χ1) is 12.1. The zero-order valence-corrected chi connectivity index (χ0v) is 19.0. The van der Waals surface area contributed by atoms with Gasteiger partial charge in [-0.05, 0) is 25.2 Å². The fraction of sp³-hybridized carbons (Fsp3) is 0.947. The zero-order valence-electron chi connectivity index (χ0n) is 16.7. The second-order valence-electron chi connectivity index (χ2n) is 8.33. The van der Waals surface area contributed by atoms with Crippen LogP contribution in [0, 0.1) is 11.3 Å². The summed E-state index contributed by atoms with van der Waals surface area (Å²) >= 11 is 0. The normalized spacial score (nSPS) is 28.6. The number of hydrogen-bond donors (Lipinski definition) is 1. The third kappa shape index (κ3) is 5.69. The Labute approximate surface area is 176 Å². The molecule has 0 radical (unpaired) electrons. The Kier molecular flexibility index (Phi) is 8.90. The lowest BCUT2D eigenvalue weighted by atomic mass is 9.87. The molecule has 3 rings (SSSR count). The number of likely N-dealkylation sites (tertiary alicyclic amines) is 1. The van der Waals surface area contributed by atoms with Gasteiger partial charge in [0.25, 0.3) is 0 Å². The number of aliphatic imine (C=N–C) groups is 1. The lowest BCUT2D eigenvalue weighted by molar-refractivity contribution is 0.0131. The highest BCUT2D eigenvalue weighted by Gasteiger charge is 2.42. The predicted molar refractivity (Wildman–Crippen MR) is 116 cm³/mol. The summed E-state index contributed by atoms with van der Waals surface area (Å²) in [4.78, 5) is 9.58. The van der Waals surface area contributed by atoms with Crippen LogP contribution in [0.3, 0.4) is 0 Å².